The Balaban J connectivity index is 5.47. The molecule has 0 saturated carbocycles. The molecule has 18 heavy (non-hydrogen) atoms. The summed E-state index contributed by atoms with van der Waals surface area (Å²) in [5.41, 5.74) is 23.1. The Kier molecular flexibility index (Phi) is 5.83. The first-order valence-corrected chi connectivity index (χ1v) is 5.85. The Morgan fingerprint density at radius 3 is 1.56 bits per heavy atom. The first kappa shape index (κ1) is 16.4. The van der Waals surface area contributed by atoms with Crippen LogP contribution in [0.5, 0.6) is 0 Å². The summed E-state index contributed by atoms with van der Waals surface area (Å²) in [5.74, 6) is -2.05. The van der Waals surface area contributed by atoms with Crippen molar-refractivity contribution in [2.45, 2.75) is 19.6 Å². The molecule has 8 heteroatoms. The van der Waals surface area contributed by atoms with Crippen molar-refractivity contribution in [2.24, 2.45) is 0 Å². The van der Waals surface area contributed by atoms with E-state index in [1.54, 1.807) is 0 Å². The number of hydrogen-bond donors (Lipinski definition) is 3. The molecule has 0 aliphatic carbocycles. The summed E-state index contributed by atoms with van der Waals surface area (Å²) in [6, 6.07) is 0. The van der Waals surface area contributed by atoms with Crippen molar-refractivity contribution in [1.82, 2.24) is 4.90 Å². The molecule has 0 aliphatic rings. The Labute approximate surface area is 107 Å². The molecular weight excluding hydrogens is 234 g/mol. The van der Waals surface area contributed by atoms with Crippen molar-refractivity contribution in [3.63, 3.8) is 0 Å². The Hall–Kier alpha value is -1.57. The maximum absolute atomic E-state index is 12.4. The smallest absolute Gasteiger partial charge is 0.296 e. The lowest BCUT2D eigenvalue weighted by atomic mass is 10.1. The third-order valence-corrected chi connectivity index (χ3v) is 3.04. The summed E-state index contributed by atoms with van der Waals surface area (Å²) in [7, 11) is 4.11. The summed E-state index contributed by atoms with van der Waals surface area (Å²) < 4.78 is 2.54. The molecule has 0 heterocycles. The van der Waals surface area contributed by atoms with Gasteiger partial charge in [-0.05, 0) is 29.7 Å². The molecule has 0 unspecified atom stereocenters. The minimum absolute atomic E-state index is 0.114. The minimum atomic E-state index is -1.69. The molecule has 0 radical (unpaired) electrons. The third-order valence-electron chi connectivity index (χ3n) is 3.04. The number of rotatable bonds is 8. The lowest BCUT2D eigenvalue weighted by Crippen LogP contribution is -2.62. The molecular formula is C10H24N7O+3. The van der Waals surface area contributed by atoms with Crippen LogP contribution in [-0.4, -0.2) is 71.3 Å². The molecule has 0 aromatic carbocycles. The average Bonchev–Trinajstić information content (AvgIpc) is 2.24. The number of nitrogens with one attached hydrogen (secondary N) is 3. The number of hydrogen-bond acceptors (Lipinski definition) is 5. The van der Waals surface area contributed by atoms with Crippen molar-refractivity contribution < 1.29 is 18.9 Å². The molecule has 0 spiro atoms. The normalized spacial score (nSPS) is 14.1. The summed E-state index contributed by atoms with van der Waals surface area (Å²) in [6.07, 6.45) is 0. The van der Waals surface area contributed by atoms with E-state index < -0.39 is 5.79 Å². The van der Waals surface area contributed by atoms with Gasteiger partial charge >= 0.3 is 11.6 Å². The van der Waals surface area contributed by atoms with Crippen LogP contribution in [0.4, 0.5) is 0 Å². The highest BCUT2D eigenvalue weighted by molar-refractivity contribution is 5.85. The highest BCUT2D eigenvalue weighted by Gasteiger charge is 2.70. The zero-order chi connectivity index (χ0) is 14.5. The largest absolute Gasteiger partial charge is 0.674 e. The van der Waals surface area contributed by atoms with Crippen LogP contribution in [0.3, 0.4) is 0 Å². The van der Waals surface area contributed by atoms with Gasteiger partial charge in [0.25, 0.3) is 0 Å². The molecule has 0 aromatic heterocycles. The highest BCUT2D eigenvalue weighted by Crippen LogP contribution is 2.13. The summed E-state index contributed by atoms with van der Waals surface area (Å²) in [4.78, 5) is 14.3. The first-order valence-electron chi connectivity index (χ1n) is 5.85. The first-order chi connectivity index (χ1) is 8.24. The number of likely N-dealkylation sites (N-methyl/N-ethyl adjacent to an activating group) is 4. The number of carbonyl (C=O) groups is 1. The molecule has 0 amide bonds. The van der Waals surface area contributed by atoms with Crippen molar-refractivity contribution in [3.8, 4) is 0 Å². The molecule has 0 aromatic rings. The number of nitrogens with zero attached hydrogens (tertiary/aromatic N) is 4. The molecule has 102 valence electrons. The Morgan fingerprint density at radius 1 is 1.00 bits per heavy atom. The van der Waals surface area contributed by atoms with Crippen molar-refractivity contribution >= 4 is 5.78 Å². The monoisotopic (exact) mass is 258 g/mol. The van der Waals surface area contributed by atoms with E-state index in [1.165, 1.54) is 21.1 Å². The minimum Gasteiger partial charge on any atom is -0.296 e. The standard InChI is InChI=1S/C10H24N7O/c1-6-17(7-2)8-9(18)10(14(3)11,15(4)12)16(5)13/h11-13H,6-8H2,1-5H3/q+3. The molecule has 0 saturated heterocycles. The predicted molar refractivity (Wildman–Crippen MR) is 62.2 cm³/mol. The van der Waals surface area contributed by atoms with Crippen LogP contribution >= 0.6 is 0 Å². The topological polar surface area (TPSA) is 101 Å². The maximum Gasteiger partial charge on any atom is 0.674 e. The fourth-order valence-corrected chi connectivity index (χ4v) is 1.99. The molecule has 8 nitrogen and oxygen atoms in total. The van der Waals surface area contributed by atoms with Crippen LogP contribution in [-0.2, 0) is 4.79 Å². The fourth-order valence-electron chi connectivity index (χ4n) is 1.99. The molecule has 3 N–H and O–H groups in total. The Bertz CT molecular complexity index is 336. The second-order valence-electron chi connectivity index (χ2n) is 4.20. The van der Waals surface area contributed by atoms with Crippen LogP contribution in [0, 0.1) is 16.6 Å². The van der Waals surface area contributed by atoms with Gasteiger partial charge in [-0.3, -0.25) is 9.69 Å². The van der Waals surface area contributed by atoms with Crippen molar-refractivity contribution in [2.75, 3.05) is 40.8 Å². The van der Waals surface area contributed by atoms with Crippen LogP contribution in [0.2, 0.25) is 0 Å². The van der Waals surface area contributed by atoms with E-state index in [2.05, 4.69) is 0 Å². The van der Waals surface area contributed by atoms with E-state index in [0.29, 0.717) is 13.1 Å². The van der Waals surface area contributed by atoms with Crippen LogP contribution in [0.1, 0.15) is 13.8 Å². The van der Waals surface area contributed by atoms with E-state index in [4.69, 9.17) is 16.6 Å². The van der Waals surface area contributed by atoms with Crippen LogP contribution in [0.25, 0.3) is 0 Å². The lowest BCUT2D eigenvalue weighted by molar-refractivity contribution is -1.02. The van der Waals surface area contributed by atoms with E-state index in [0.717, 1.165) is 14.1 Å². The SMILES string of the molecule is CCN(CC)CC(=O)C([N+](C)=N)([N+](C)=N)[N+](C)=N. The van der Waals surface area contributed by atoms with Crippen molar-refractivity contribution in [3.05, 3.63) is 0 Å². The number of ketones is 1. The van der Waals surface area contributed by atoms with Crippen molar-refractivity contribution in [1.29, 1.82) is 16.6 Å². The number of carbonyl (C=O) groups excluding carboxylic acids is 1. The average molecular weight is 258 g/mol. The van der Waals surface area contributed by atoms with Gasteiger partial charge in [-0.15, -0.1) is 0 Å². The van der Waals surface area contributed by atoms with Gasteiger partial charge in [0.05, 0.1) is 6.54 Å². The van der Waals surface area contributed by atoms with Gasteiger partial charge in [-0.1, -0.05) is 13.8 Å². The van der Waals surface area contributed by atoms with E-state index >= 15 is 0 Å². The molecule has 0 rings (SSSR count). The Morgan fingerprint density at radius 2 is 1.33 bits per heavy atom. The summed E-state index contributed by atoms with van der Waals surface area (Å²) >= 11 is 0. The predicted octanol–water partition coefficient (Wildman–Crippen LogP) is 0.571. The lowest BCUT2D eigenvalue weighted by Gasteiger charge is -2.18. The summed E-state index contributed by atoms with van der Waals surface area (Å²) in [6.45, 7) is 5.42. The van der Waals surface area contributed by atoms with Gasteiger partial charge in [0, 0.05) is 14.1 Å². The van der Waals surface area contributed by atoms with E-state index in [-0.39, 0.29) is 12.3 Å². The molecule has 0 atom stereocenters. The zero-order valence-corrected chi connectivity index (χ0v) is 11.8. The molecule has 0 fully saturated rings. The van der Waals surface area contributed by atoms with Crippen LogP contribution < -0.4 is 0 Å². The van der Waals surface area contributed by atoms with Gasteiger partial charge in [0.15, 0.2) is 21.1 Å². The van der Waals surface area contributed by atoms with Gasteiger partial charge < -0.3 is 0 Å². The van der Waals surface area contributed by atoms with E-state index in [9.17, 15) is 4.79 Å². The quantitative estimate of drug-likeness (QED) is 0.337. The van der Waals surface area contributed by atoms with Gasteiger partial charge in [0.2, 0.25) is 0 Å². The third kappa shape index (κ3) is 2.81. The molecule has 0 aliphatic heterocycles. The van der Waals surface area contributed by atoms with E-state index in [1.807, 2.05) is 18.7 Å². The summed E-state index contributed by atoms with van der Waals surface area (Å²) in [5, 5.41) is 0. The highest BCUT2D eigenvalue weighted by atomic mass is 16.1. The zero-order valence-electron chi connectivity index (χ0n) is 11.8. The van der Waals surface area contributed by atoms with Crippen LogP contribution in [0.15, 0.2) is 0 Å². The molecule has 0 bridgehead atoms. The van der Waals surface area contributed by atoms with Gasteiger partial charge in [0.1, 0.15) is 0 Å². The van der Waals surface area contributed by atoms with Gasteiger partial charge in [-0.25, -0.2) is 0 Å². The second-order valence-corrected chi connectivity index (χ2v) is 4.20. The fraction of sp³-hybridized carbons (Fsp3) is 0.900. The second kappa shape index (κ2) is 6.39. The number of Topliss-reactive ketones (excluding diaryl/α,β-unsaturated/α-hetero) is 1. The maximum atomic E-state index is 12.4. The van der Waals surface area contributed by atoms with Gasteiger partial charge in [-0.2, -0.15) is 0 Å².